The molecule has 0 saturated carbocycles. The molecule has 1 fully saturated rings. The molecule has 1 aromatic carbocycles. The standard InChI is InChI=1S/C21H31N5OS.HI/c1-4-22-21(25-15-20-23-13-17(3)28-20)24-14-19(26-8-10-27-11-9-26)18-7-5-6-16(2)12-18;/h5-7,12-13,19H,4,8-11,14-15H2,1-3H3,(H2,22,24,25);1H. The largest absolute Gasteiger partial charge is 0.379 e. The molecule has 1 atom stereocenters. The number of benzene rings is 1. The smallest absolute Gasteiger partial charge is 0.191 e. The highest BCUT2D eigenvalue weighted by molar-refractivity contribution is 14.0. The number of guanidine groups is 1. The van der Waals surface area contributed by atoms with Crippen molar-refractivity contribution >= 4 is 41.3 Å². The summed E-state index contributed by atoms with van der Waals surface area (Å²) in [7, 11) is 0. The maximum Gasteiger partial charge on any atom is 0.191 e. The number of ether oxygens (including phenoxy) is 1. The lowest BCUT2D eigenvalue weighted by Crippen LogP contribution is -2.46. The molecule has 6 nitrogen and oxygen atoms in total. The van der Waals surface area contributed by atoms with Crippen molar-refractivity contribution in [3.05, 3.63) is 51.5 Å². The monoisotopic (exact) mass is 529 g/mol. The molecule has 0 bridgehead atoms. The van der Waals surface area contributed by atoms with Crippen LogP contribution in [0.1, 0.15) is 34.0 Å². The number of aryl methyl sites for hydroxylation is 2. The molecule has 3 rings (SSSR count). The summed E-state index contributed by atoms with van der Waals surface area (Å²) in [6, 6.07) is 9.08. The number of hydrogen-bond acceptors (Lipinski definition) is 5. The Morgan fingerprint density at radius 3 is 2.72 bits per heavy atom. The molecule has 8 heteroatoms. The van der Waals surface area contributed by atoms with Crippen LogP contribution in [0.4, 0.5) is 0 Å². The van der Waals surface area contributed by atoms with Crippen LogP contribution >= 0.6 is 35.3 Å². The Hall–Kier alpha value is -1.23. The SMILES string of the molecule is CCNC(=NCc1ncc(C)s1)NCC(c1cccc(C)c1)N1CCOCC1.I. The van der Waals surface area contributed by atoms with E-state index in [-0.39, 0.29) is 30.0 Å². The van der Waals surface area contributed by atoms with Crippen molar-refractivity contribution in [2.75, 3.05) is 39.4 Å². The van der Waals surface area contributed by atoms with Gasteiger partial charge < -0.3 is 15.4 Å². The Balaban J connectivity index is 0.00000300. The third-order valence-corrected chi connectivity index (χ3v) is 5.66. The number of hydrogen-bond donors (Lipinski definition) is 2. The van der Waals surface area contributed by atoms with Crippen molar-refractivity contribution in [1.29, 1.82) is 0 Å². The van der Waals surface area contributed by atoms with Gasteiger partial charge in [0.15, 0.2) is 5.96 Å². The van der Waals surface area contributed by atoms with Gasteiger partial charge in [-0.15, -0.1) is 35.3 Å². The zero-order chi connectivity index (χ0) is 19.8. The van der Waals surface area contributed by atoms with Crippen molar-refractivity contribution in [3.8, 4) is 0 Å². The van der Waals surface area contributed by atoms with Crippen molar-refractivity contribution in [2.24, 2.45) is 4.99 Å². The minimum atomic E-state index is 0. The predicted molar refractivity (Wildman–Crippen MR) is 131 cm³/mol. The van der Waals surface area contributed by atoms with Crippen LogP contribution in [-0.2, 0) is 11.3 Å². The molecular weight excluding hydrogens is 497 g/mol. The molecule has 2 aromatic rings. The normalized spacial score (nSPS) is 16.2. The van der Waals surface area contributed by atoms with Gasteiger partial charge >= 0.3 is 0 Å². The summed E-state index contributed by atoms with van der Waals surface area (Å²) >= 11 is 1.70. The summed E-state index contributed by atoms with van der Waals surface area (Å²) in [4.78, 5) is 12.8. The second-order valence-electron chi connectivity index (χ2n) is 7.02. The van der Waals surface area contributed by atoms with E-state index in [0.29, 0.717) is 6.54 Å². The van der Waals surface area contributed by atoms with Gasteiger partial charge in [0.05, 0.1) is 25.8 Å². The highest BCUT2D eigenvalue weighted by atomic mass is 127. The number of rotatable bonds is 7. The zero-order valence-corrected chi connectivity index (χ0v) is 20.6. The number of morpholine rings is 1. The van der Waals surface area contributed by atoms with Crippen LogP contribution in [0.2, 0.25) is 0 Å². The quantitative estimate of drug-likeness (QED) is 0.327. The van der Waals surface area contributed by atoms with Gasteiger partial charge in [0.25, 0.3) is 0 Å². The van der Waals surface area contributed by atoms with Gasteiger partial charge in [-0.3, -0.25) is 4.90 Å². The first-order valence-corrected chi connectivity index (χ1v) is 10.8. The van der Waals surface area contributed by atoms with E-state index in [1.165, 1.54) is 16.0 Å². The summed E-state index contributed by atoms with van der Waals surface area (Å²) < 4.78 is 5.56. The lowest BCUT2D eigenvalue weighted by Gasteiger charge is -2.35. The molecule has 160 valence electrons. The maximum absolute atomic E-state index is 5.56. The van der Waals surface area contributed by atoms with Gasteiger partial charge in [0.2, 0.25) is 0 Å². The van der Waals surface area contributed by atoms with Gasteiger partial charge in [0, 0.05) is 37.3 Å². The van der Waals surface area contributed by atoms with Crippen molar-refractivity contribution in [3.63, 3.8) is 0 Å². The van der Waals surface area contributed by atoms with Crippen molar-refractivity contribution in [2.45, 2.75) is 33.4 Å². The van der Waals surface area contributed by atoms with E-state index in [9.17, 15) is 0 Å². The third-order valence-electron chi connectivity index (χ3n) is 4.76. The minimum absolute atomic E-state index is 0. The molecule has 1 aromatic heterocycles. The highest BCUT2D eigenvalue weighted by Gasteiger charge is 2.23. The molecule has 2 heterocycles. The van der Waals surface area contributed by atoms with Crippen LogP contribution in [-0.4, -0.2) is 55.2 Å². The first-order valence-electron chi connectivity index (χ1n) is 9.97. The fourth-order valence-corrected chi connectivity index (χ4v) is 4.09. The fraction of sp³-hybridized carbons (Fsp3) is 0.524. The van der Waals surface area contributed by atoms with Gasteiger partial charge in [-0.1, -0.05) is 29.8 Å². The van der Waals surface area contributed by atoms with Gasteiger partial charge in [-0.2, -0.15) is 0 Å². The van der Waals surface area contributed by atoms with E-state index in [4.69, 9.17) is 9.73 Å². The number of halogens is 1. The summed E-state index contributed by atoms with van der Waals surface area (Å²) in [6.45, 7) is 12.0. The average molecular weight is 529 g/mol. The second-order valence-corrected chi connectivity index (χ2v) is 8.34. The Labute approximate surface area is 195 Å². The fourth-order valence-electron chi connectivity index (χ4n) is 3.38. The average Bonchev–Trinajstić information content (AvgIpc) is 3.12. The molecule has 1 aliphatic heterocycles. The number of aliphatic imine (C=N–C) groups is 1. The highest BCUT2D eigenvalue weighted by Crippen LogP contribution is 2.22. The van der Waals surface area contributed by atoms with Crippen molar-refractivity contribution in [1.82, 2.24) is 20.5 Å². The van der Waals surface area contributed by atoms with Gasteiger partial charge in [-0.05, 0) is 26.3 Å². The minimum Gasteiger partial charge on any atom is -0.379 e. The van der Waals surface area contributed by atoms with E-state index >= 15 is 0 Å². The number of nitrogens with zero attached hydrogens (tertiary/aromatic N) is 3. The topological polar surface area (TPSA) is 61.8 Å². The molecule has 0 aliphatic carbocycles. The Kier molecular flexibility index (Phi) is 10.3. The lowest BCUT2D eigenvalue weighted by atomic mass is 10.0. The molecule has 29 heavy (non-hydrogen) atoms. The van der Waals surface area contributed by atoms with Crippen LogP contribution in [0.15, 0.2) is 35.5 Å². The van der Waals surface area contributed by atoms with E-state index in [1.807, 2.05) is 6.20 Å². The molecule has 1 unspecified atom stereocenters. The van der Waals surface area contributed by atoms with Crippen molar-refractivity contribution < 1.29 is 4.74 Å². The van der Waals surface area contributed by atoms with E-state index in [2.05, 4.69) is 65.6 Å². The Morgan fingerprint density at radius 1 is 1.28 bits per heavy atom. The zero-order valence-electron chi connectivity index (χ0n) is 17.5. The Morgan fingerprint density at radius 2 is 2.07 bits per heavy atom. The summed E-state index contributed by atoms with van der Waals surface area (Å²) in [5.74, 6) is 0.835. The number of nitrogens with one attached hydrogen (secondary N) is 2. The van der Waals surface area contributed by atoms with E-state index in [0.717, 1.165) is 50.4 Å². The van der Waals surface area contributed by atoms with Crippen LogP contribution in [0, 0.1) is 13.8 Å². The van der Waals surface area contributed by atoms with E-state index in [1.54, 1.807) is 11.3 Å². The summed E-state index contributed by atoms with van der Waals surface area (Å²) in [5.41, 5.74) is 2.62. The third kappa shape index (κ3) is 7.51. The second kappa shape index (κ2) is 12.5. The molecule has 0 spiro atoms. The molecule has 1 saturated heterocycles. The van der Waals surface area contributed by atoms with Gasteiger partial charge in [0.1, 0.15) is 5.01 Å². The van der Waals surface area contributed by atoms with Gasteiger partial charge in [-0.25, -0.2) is 9.98 Å². The first kappa shape index (κ1) is 24.0. The predicted octanol–water partition coefficient (Wildman–Crippen LogP) is 3.51. The number of thiazole rings is 1. The molecule has 1 aliphatic rings. The van der Waals surface area contributed by atoms with Crippen LogP contribution in [0.25, 0.3) is 0 Å². The Bertz CT molecular complexity index is 776. The first-order chi connectivity index (χ1) is 13.7. The van der Waals surface area contributed by atoms with Crippen LogP contribution < -0.4 is 10.6 Å². The van der Waals surface area contributed by atoms with Crippen LogP contribution in [0.3, 0.4) is 0 Å². The number of aromatic nitrogens is 1. The maximum atomic E-state index is 5.56. The molecule has 2 N–H and O–H groups in total. The summed E-state index contributed by atoms with van der Waals surface area (Å²) in [6.07, 6.45) is 1.90. The summed E-state index contributed by atoms with van der Waals surface area (Å²) in [5, 5.41) is 7.94. The molecular formula is C21H32IN5OS. The van der Waals surface area contributed by atoms with Crippen LogP contribution in [0.5, 0.6) is 0 Å². The van der Waals surface area contributed by atoms with E-state index < -0.39 is 0 Å². The lowest BCUT2D eigenvalue weighted by molar-refractivity contribution is 0.0170. The molecule has 0 amide bonds. The molecule has 0 radical (unpaired) electrons.